The van der Waals surface area contributed by atoms with Gasteiger partial charge in [-0.25, -0.2) is 14.8 Å². The van der Waals surface area contributed by atoms with E-state index in [0.29, 0.717) is 11.3 Å². The molecule has 2 heterocycles. The highest BCUT2D eigenvalue weighted by Gasteiger charge is 2.12. The lowest BCUT2D eigenvalue weighted by Crippen LogP contribution is -2.02. The predicted octanol–water partition coefficient (Wildman–Crippen LogP) is 3.63. The van der Waals surface area contributed by atoms with Crippen molar-refractivity contribution in [2.45, 2.75) is 0 Å². The maximum Gasteiger partial charge on any atom is 0.354 e. The Hall–Kier alpha value is -3.98. The first kappa shape index (κ1) is 15.5. The number of hydrogen-bond donors (Lipinski definition) is 1. The van der Waals surface area contributed by atoms with Gasteiger partial charge in [0.15, 0.2) is 5.69 Å². The van der Waals surface area contributed by atoms with Crippen molar-refractivity contribution in [1.29, 1.82) is 5.26 Å². The summed E-state index contributed by atoms with van der Waals surface area (Å²) in [5.41, 5.74) is 4.02. The zero-order valence-corrected chi connectivity index (χ0v) is 13.5. The molecule has 0 atom stereocenters. The van der Waals surface area contributed by atoms with E-state index in [4.69, 9.17) is 5.11 Å². The van der Waals surface area contributed by atoms with E-state index in [1.165, 1.54) is 6.07 Å². The number of carboxylic acids is 1. The van der Waals surface area contributed by atoms with Crippen molar-refractivity contribution in [1.82, 2.24) is 14.4 Å². The average Bonchev–Trinajstić information content (AvgIpc) is 3.11. The van der Waals surface area contributed by atoms with E-state index in [-0.39, 0.29) is 5.69 Å². The number of fused-ring (bicyclic) bond motifs is 1. The Bertz CT molecular complexity index is 1190. The van der Waals surface area contributed by atoms with Crippen molar-refractivity contribution in [3.63, 3.8) is 0 Å². The highest BCUT2D eigenvalue weighted by molar-refractivity contribution is 5.85. The van der Waals surface area contributed by atoms with Crippen molar-refractivity contribution < 1.29 is 9.90 Å². The third-order valence-corrected chi connectivity index (χ3v) is 4.12. The first-order valence-corrected chi connectivity index (χ1v) is 7.85. The second-order valence-corrected chi connectivity index (χ2v) is 5.67. The van der Waals surface area contributed by atoms with Gasteiger partial charge in [0, 0.05) is 11.8 Å². The van der Waals surface area contributed by atoms with Crippen molar-refractivity contribution in [3.05, 3.63) is 78.2 Å². The molecule has 0 fully saturated rings. The van der Waals surface area contributed by atoms with Crippen molar-refractivity contribution in [3.8, 4) is 28.5 Å². The van der Waals surface area contributed by atoms with Gasteiger partial charge in [-0.15, -0.1) is 0 Å². The molecule has 0 radical (unpaired) electrons. The minimum atomic E-state index is -1.09. The fourth-order valence-electron chi connectivity index (χ4n) is 2.88. The summed E-state index contributed by atoms with van der Waals surface area (Å²) in [4.78, 5) is 19.3. The fraction of sp³-hybridized carbons (Fsp3) is 0. The van der Waals surface area contributed by atoms with Crippen LogP contribution in [0.25, 0.3) is 28.2 Å². The molecule has 6 heteroatoms. The molecule has 124 valence electrons. The Balaban J connectivity index is 1.84. The molecule has 0 amide bonds. The van der Waals surface area contributed by atoms with Gasteiger partial charge in [-0.3, -0.25) is 4.40 Å². The third-order valence-electron chi connectivity index (χ3n) is 4.12. The van der Waals surface area contributed by atoms with E-state index in [1.54, 1.807) is 22.9 Å². The lowest BCUT2D eigenvalue weighted by molar-refractivity contribution is 0.0690. The molecule has 0 unspecified atom stereocenters. The van der Waals surface area contributed by atoms with E-state index in [2.05, 4.69) is 16.0 Å². The summed E-state index contributed by atoms with van der Waals surface area (Å²) in [6.07, 6.45) is 3.30. The number of carboxylic acid groups (broad SMARTS) is 1. The number of nitrogens with zero attached hydrogens (tertiary/aromatic N) is 4. The largest absolute Gasteiger partial charge is 0.477 e. The standard InChI is InChI=1S/C20H12N4O2/c21-11-15-4-1-2-7-16(15)13-5-3-6-14(10-13)18-12-22-20-23-17(19(25)26)8-9-24(18)20/h1-10,12H,(H,25,26). The molecule has 0 aliphatic carbocycles. The van der Waals surface area contributed by atoms with Crippen LogP contribution in [0.15, 0.2) is 67.0 Å². The molecule has 0 saturated carbocycles. The monoisotopic (exact) mass is 340 g/mol. The van der Waals surface area contributed by atoms with Crippen LogP contribution in [0.3, 0.4) is 0 Å². The molecule has 0 aliphatic rings. The van der Waals surface area contributed by atoms with Gasteiger partial charge in [0.05, 0.1) is 23.5 Å². The number of rotatable bonds is 3. The second kappa shape index (κ2) is 6.15. The molecule has 1 N–H and O–H groups in total. The molecule has 4 aromatic rings. The maximum atomic E-state index is 11.1. The molecule has 26 heavy (non-hydrogen) atoms. The van der Waals surface area contributed by atoms with E-state index >= 15 is 0 Å². The van der Waals surface area contributed by atoms with Crippen molar-refractivity contribution in [2.24, 2.45) is 0 Å². The smallest absolute Gasteiger partial charge is 0.354 e. The van der Waals surface area contributed by atoms with Crippen LogP contribution in [0, 0.1) is 11.3 Å². The molecule has 0 saturated heterocycles. The summed E-state index contributed by atoms with van der Waals surface area (Å²) >= 11 is 0. The van der Waals surface area contributed by atoms with E-state index in [9.17, 15) is 10.1 Å². The van der Waals surface area contributed by atoms with E-state index in [1.807, 2.05) is 42.5 Å². The summed E-state index contributed by atoms with van der Waals surface area (Å²) < 4.78 is 1.74. The number of aromatic nitrogens is 3. The maximum absolute atomic E-state index is 11.1. The van der Waals surface area contributed by atoms with Crippen LogP contribution in [-0.4, -0.2) is 25.4 Å². The first-order valence-electron chi connectivity index (χ1n) is 7.85. The third kappa shape index (κ3) is 2.58. The lowest BCUT2D eigenvalue weighted by atomic mass is 9.98. The number of hydrogen-bond acceptors (Lipinski definition) is 4. The van der Waals surface area contributed by atoms with Crippen LogP contribution >= 0.6 is 0 Å². The van der Waals surface area contributed by atoms with Crippen LogP contribution in [-0.2, 0) is 0 Å². The number of benzene rings is 2. The Morgan fingerprint density at radius 3 is 2.69 bits per heavy atom. The van der Waals surface area contributed by atoms with Crippen molar-refractivity contribution >= 4 is 11.7 Å². The van der Waals surface area contributed by atoms with Gasteiger partial charge in [-0.2, -0.15) is 5.26 Å². The number of carbonyl (C=O) groups is 1. The topological polar surface area (TPSA) is 91.3 Å². The SMILES string of the molecule is N#Cc1ccccc1-c1cccc(-c2cnc3nc(C(=O)O)ccn23)c1. The van der Waals surface area contributed by atoms with Crippen LogP contribution in [0.4, 0.5) is 0 Å². The number of aromatic carboxylic acids is 1. The minimum Gasteiger partial charge on any atom is -0.477 e. The predicted molar refractivity (Wildman–Crippen MR) is 95.5 cm³/mol. The van der Waals surface area contributed by atoms with Gasteiger partial charge in [-0.1, -0.05) is 36.4 Å². The van der Waals surface area contributed by atoms with Gasteiger partial charge in [0.2, 0.25) is 5.78 Å². The Kier molecular flexibility index (Phi) is 3.67. The molecule has 0 bridgehead atoms. The zero-order chi connectivity index (χ0) is 18.1. The minimum absolute atomic E-state index is 0.0497. The fourth-order valence-corrected chi connectivity index (χ4v) is 2.88. The van der Waals surface area contributed by atoms with Gasteiger partial charge >= 0.3 is 5.97 Å². The highest BCUT2D eigenvalue weighted by Crippen LogP contribution is 2.28. The summed E-state index contributed by atoms with van der Waals surface area (Å²) in [5, 5.41) is 18.4. The zero-order valence-electron chi connectivity index (χ0n) is 13.5. The molecule has 2 aromatic heterocycles. The van der Waals surface area contributed by atoms with Crippen LogP contribution < -0.4 is 0 Å². The quantitative estimate of drug-likeness (QED) is 0.615. The molecule has 4 rings (SSSR count). The second-order valence-electron chi connectivity index (χ2n) is 5.67. The van der Waals surface area contributed by atoms with Gasteiger partial charge < -0.3 is 5.11 Å². The van der Waals surface area contributed by atoms with Gasteiger partial charge in [0.25, 0.3) is 0 Å². The number of nitriles is 1. The first-order chi connectivity index (χ1) is 12.7. The summed E-state index contributed by atoms with van der Waals surface area (Å²) in [6, 6.07) is 18.9. The summed E-state index contributed by atoms with van der Waals surface area (Å²) in [7, 11) is 0. The summed E-state index contributed by atoms with van der Waals surface area (Å²) in [6.45, 7) is 0. The highest BCUT2D eigenvalue weighted by atomic mass is 16.4. The van der Waals surface area contributed by atoms with E-state index < -0.39 is 5.97 Å². The van der Waals surface area contributed by atoms with Crippen LogP contribution in [0.5, 0.6) is 0 Å². The van der Waals surface area contributed by atoms with Crippen molar-refractivity contribution in [2.75, 3.05) is 0 Å². The molecule has 2 aromatic carbocycles. The van der Waals surface area contributed by atoms with Crippen LogP contribution in [0.2, 0.25) is 0 Å². The Morgan fingerprint density at radius 2 is 1.88 bits per heavy atom. The summed E-state index contributed by atoms with van der Waals surface area (Å²) in [5.74, 6) is -0.769. The number of imidazole rings is 1. The van der Waals surface area contributed by atoms with Gasteiger partial charge in [0.1, 0.15) is 0 Å². The Labute approximate surface area is 148 Å². The van der Waals surface area contributed by atoms with Crippen LogP contribution in [0.1, 0.15) is 16.1 Å². The average molecular weight is 340 g/mol. The Morgan fingerprint density at radius 1 is 1.08 bits per heavy atom. The van der Waals surface area contributed by atoms with Gasteiger partial charge in [-0.05, 0) is 29.3 Å². The molecule has 0 aliphatic heterocycles. The molecular weight excluding hydrogens is 328 g/mol. The van der Waals surface area contributed by atoms with E-state index in [0.717, 1.165) is 22.4 Å². The normalized spacial score (nSPS) is 10.6. The lowest BCUT2D eigenvalue weighted by Gasteiger charge is -2.07. The molecular formula is C20H12N4O2. The molecule has 0 spiro atoms. The molecule has 6 nitrogen and oxygen atoms in total.